The number of nitrogens with zero attached hydrogens (tertiary/aromatic N) is 1. The number of rotatable bonds is 5. The summed E-state index contributed by atoms with van der Waals surface area (Å²) in [4.78, 5) is 11.9. The Morgan fingerprint density at radius 1 is 1.26 bits per heavy atom. The van der Waals surface area contributed by atoms with Gasteiger partial charge in [-0.1, -0.05) is 0 Å². The van der Waals surface area contributed by atoms with E-state index in [9.17, 15) is 22.7 Å². The van der Waals surface area contributed by atoms with Gasteiger partial charge in [-0.25, -0.2) is 12.8 Å². The van der Waals surface area contributed by atoms with Gasteiger partial charge in [0.05, 0.1) is 17.5 Å². The van der Waals surface area contributed by atoms with Gasteiger partial charge >= 0.3 is 0 Å². The Bertz CT molecular complexity index is 640. The molecule has 0 aliphatic heterocycles. The number of aliphatic hydroxyl groups excluding tert-OH is 1. The first-order valence-corrected chi connectivity index (χ1v) is 8.92. The summed E-state index contributed by atoms with van der Waals surface area (Å²) in [7, 11) is -2.53. The van der Waals surface area contributed by atoms with Crippen molar-refractivity contribution in [3.8, 4) is 0 Å². The molecule has 1 amide bonds. The summed E-state index contributed by atoms with van der Waals surface area (Å²) < 4.78 is 38.4. The van der Waals surface area contributed by atoms with Crippen molar-refractivity contribution in [1.82, 2.24) is 9.62 Å². The molecule has 0 bridgehead atoms. The molecule has 128 valence electrons. The fourth-order valence-electron chi connectivity index (χ4n) is 2.57. The summed E-state index contributed by atoms with van der Waals surface area (Å²) >= 11 is 0. The van der Waals surface area contributed by atoms with Crippen LogP contribution in [0.1, 0.15) is 25.7 Å². The molecule has 2 rings (SSSR count). The number of halogens is 1. The van der Waals surface area contributed by atoms with Gasteiger partial charge in [-0.2, -0.15) is 4.31 Å². The second-order valence-corrected chi connectivity index (χ2v) is 7.83. The Hall–Kier alpha value is -1.51. The molecule has 23 heavy (non-hydrogen) atoms. The van der Waals surface area contributed by atoms with Crippen LogP contribution in [0.4, 0.5) is 4.39 Å². The minimum Gasteiger partial charge on any atom is -0.393 e. The third kappa shape index (κ3) is 4.73. The van der Waals surface area contributed by atoms with E-state index in [1.165, 1.54) is 19.2 Å². The lowest BCUT2D eigenvalue weighted by molar-refractivity contribution is -0.122. The molecule has 0 aromatic heterocycles. The van der Waals surface area contributed by atoms with Crippen molar-refractivity contribution in [3.63, 3.8) is 0 Å². The number of amides is 1. The molecule has 6 nitrogen and oxygen atoms in total. The van der Waals surface area contributed by atoms with Gasteiger partial charge < -0.3 is 10.4 Å². The molecule has 0 heterocycles. The predicted molar refractivity (Wildman–Crippen MR) is 82.6 cm³/mol. The molecule has 0 saturated heterocycles. The number of benzene rings is 1. The number of likely N-dealkylation sites (N-methyl/N-ethyl adjacent to an activating group) is 1. The van der Waals surface area contributed by atoms with Gasteiger partial charge in [-0.15, -0.1) is 0 Å². The van der Waals surface area contributed by atoms with Crippen LogP contribution >= 0.6 is 0 Å². The maximum Gasteiger partial charge on any atom is 0.243 e. The van der Waals surface area contributed by atoms with Gasteiger partial charge in [-0.3, -0.25) is 4.79 Å². The molecule has 1 fully saturated rings. The Morgan fingerprint density at radius 2 is 1.83 bits per heavy atom. The summed E-state index contributed by atoms with van der Waals surface area (Å²) in [6, 6.07) is 4.43. The third-order valence-corrected chi connectivity index (χ3v) is 5.77. The van der Waals surface area contributed by atoms with E-state index in [-0.39, 0.29) is 29.5 Å². The normalized spacial score (nSPS) is 22.1. The molecule has 1 aromatic carbocycles. The lowest BCUT2D eigenvalue weighted by Crippen LogP contribution is -2.44. The highest BCUT2D eigenvalue weighted by atomic mass is 32.2. The van der Waals surface area contributed by atoms with Crippen LogP contribution in [0.15, 0.2) is 29.2 Å². The Kier molecular flexibility index (Phi) is 5.72. The highest BCUT2D eigenvalue weighted by Crippen LogP contribution is 2.18. The number of nitrogens with one attached hydrogen (secondary N) is 1. The molecule has 0 atom stereocenters. The first-order valence-electron chi connectivity index (χ1n) is 7.48. The van der Waals surface area contributed by atoms with Crippen molar-refractivity contribution in [2.75, 3.05) is 13.6 Å². The molecule has 1 aliphatic carbocycles. The predicted octanol–water partition coefficient (Wildman–Crippen LogP) is 0.866. The van der Waals surface area contributed by atoms with Crippen molar-refractivity contribution in [2.45, 2.75) is 42.7 Å². The van der Waals surface area contributed by atoms with Crippen molar-refractivity contribution in [1.29, 1.82) is 0 Å². The second-order valence-electron chi connectivity index (χ2n) is 5.79. The number of hydrogen-bond donors (Lipinski definition) is 2. The number of carbonyl (C=O) groups excluding carboxylic acids is 1. The number of hydrogen-bond acceptors (Lipinski definition) is 4. The molecular formula is C15H21FN2O4S. The third-order valence-electron chi connectivity index (χ3n) is 3.95. The highest BCUT2D eigenvalue weighted by Gasteiger charge is 2.25. The zero-order valence-corrected chi connectivity index (χ0v) is 13.7. The van der Waals surface area contributed by atoms with Crippen LogP contribution in [0.2, 0.25) is 0 Å². The molecule has 0 unspecified atom stereocenters. The maximum absolute atomic E-state index is 12.9. The van der Waals surface area contributed by atoms with Gasteiger partial charge in [0.2, 0.25) is 15.9 Å². The fraction of sp³-hybridized carbons (Fsp3) is 0.533. The van der Waals surface area contributed by atoms with Gasteiger partial charge in [-0.05, 0) is 49.9 Å². The largest absolute Gasteiger partial charge is 0.393 e. The van der Waals surface area contributed by atoms with Crippen LogP contribution < -0.4 is 5.32 Å². The first kappa shape index (κ1) is 17.8. The maximum atomic E-state index is 12.9. The minimum absolute atomic E-state index is 0.0344. The van der Waals surface area contributed by atoms with Gasteiger partial charge in [0.15, 0.2) is 0 Å². The molecule has 0 radical (unpaired) electrons. The van der Waals surface area contributed by atoms with E-state index in [1.807, 2.05) is 0 Å². The van der Waals surface area contributed by atoms with Crippen molar-refractivity contribution in [2.24, 2.45) is 0 Å². The molecule has 0 spiro atoms. The van der Waals surface area contributed by atoms with E-state index < -0.39 is 15.8 Å². The summed E-state index contributed by atoms with van der Waals surface area (Å²) in [6.45, 7) is -0.307. The number of sulfonamides is 1. The van der Waals surface area contributed by atoms with E-state index in [0.717, 1.165) is 16.4 Å². The molecular weight excluding hydrogens is 323 g/mol. The quantitative estimate of drug-likeness (QED) is 0.830. The van der Waals surface area contributed by atoms with Crippen LogP contribution in [0.5, 0.6) is 0 Å². The van der Waals surface area contributed by atoms with Gasteiger partial charge in [0.25, 0.3) is 0 Å². The number of carbonyl (C=O) groups is 1. The van der Waals surface area contributed by atoms with E-state index in [4.69, 9.17) is 0 Å². The summed E-state index contributed by atoms with van der Waals surface area (Å²) in [5.41, 5.74) is 0. The van der Waals surface area contributed by atoms with Crippen LogP contribution in [0, 0.1) is 5.82 Å². The van der Waals surface area contributed by atoms with Crippen LogP contribution in [0.3, 0.4) is 0 Å². The average molecular weight is 344 g/mol. The molecule has 8 heteroatoms. The number of aliphatic hydroxyl groups is 1. The minimum atomic E-state index is -3.83. The van der Waals surface area contributed by atoms with Gasteiger partial charge in [0, 0.05) is 13.1 Å². The van der Waals surface area contributed by atoms with Crippen molar-refractivity contribution < 1.29 is 22.7 Å². The lowest BCUT2D eigenvalue weighted by Gasteiger charge is -2.27. The van der Waals surface area contributed by atoms with Gasteiger partial charge in [0.1, 0.15) is 5.82 Å². The molecule has 1 aliphatic rings. The van der Waals surface area contributed by atoms with E-state index in [0.29, 0.717) is 25.7 Å². The first-order chi connectivity index (χ1) is 10.8. The van der Waals surface area contributed by atoms with E-state index >= 15 is 0 Å². The smallest absolute Gasteiger partial charge is 0.243 e. The zero-order chi connectivity index (χ0) is 17.0. The monoisotopic (exact) mass is 344 g/mol. The van der Waals surface area contributed by atoms with Crippen LogP contribution in [-0.4, -0.2) is 49.5 Å². The Balaban J connectivity index is 1.93. The Labute approximate surface area is 135 Å². The van der Waals surface area contributed by atoms with E-state index in [2.05, 4.69) is 5.32 Å². The average Bonchev–Trinajstić information content (AvgIpc) is 2.50. The fourth-order valence-corrected chi connectivity index (χ4v) is 3.69. The topological polar surface area (TPSA) is 86.7 Å². The standard InChI is InChI=1S/C15H21FN2O4S/c1-18(23(21,22)14-8-2-11(16)3-9-14)10-15(20)17-12-4-6-13(19)7-5-12/h2-3,8-9,12-13,19H,4-7,10H2,1H3,(H,17,20). The second kappa shape index (κ2) is 7.37. The zero-order valence-electron chi connectivity index (χ0n) is 12.9. The Morgan fingerprint density at radius 3 is 2.39 bits per heavy atom. The summed E-state index contributed by atoms with van der Waals surface area (Å²) in [5.74, 6) is -0.914. The SMILES string of the molecule is CN(CC(=O)NC1CCC(O)CC1)S(=O)(=O)c1ccc(F)cc1. The molecule has 1 saturated carbocycles. The molecule has 2 N–H and O–H groups in total. The van der Waals surface area contributed by atoms with Crippen LogP contribution in [0.25, 0.3) is 0 Å². The molecule has 1 aromatic rings. The van der Waals surface area contributed by atoms with E-state index in [1.54, 1.807) is 0 Å². The summed E-state index contributed by atoms with van der Waals surface area (Å²) in [5, 5.41) is 12.2. The van der Waals surface area contributed by atoms with Crippen molar-refractivity contribution in [3.05, 3.63) is 30.1 Å². The van der Waals surface area contributed by atoms with Crippen LogP contribution in [-0.2, 0) is 14.8 Å². The summed E-state index contributed by atoms with van der Waals surface area (Å²) in [6.07, 6.45) is 2.32. The lowest BCUT2D eigenvalue weighted by atomic mass is 9.93. The highest BCUT2D eigenvalue weighted by molar-refractivity contribution is 7.89. The van der Waals surface area contributed by atoms with Crippen molar-refractivity contribution >= 4 is 15.9 Å².